The van der Waals surface area contributed by atoms with Crippen LogP contribution in [0.1, 0.15) is 23.3 Å². The summed E-state index contributed by atoms with van der Waals surface area (Å²) < 4.78 is 0. The van der Waals surface area contributed by atoms with Crippen molar-refractivity contribution in [1.29, 1.82) is 0 Å². The van der Waals surface area contributed by atoms with Crippen LogP contribution in [0, 0.1) is 5.92 Å². The molecule has 1 atom stereocenters. The maximum Gasteiger partial charge on any atom is 0.269 e. The summed E-state index contributed by atoms with van der Waals surface area (Å²) in [7, 11) is 0. The molecule has 1 aromatic rings. The first kappa shape index (κ1) is 11.1. The zero-order valence-corrected chi connectivity index (χ0v) is 9.28. The second-order valence-corrected chi connectivity index (χ2v) is 4.12. The fourth-order valence-corrected chi connectivity index (χ4v) is 1.94. The van der Waals surface area contributed by atoms with Crippen molar-refractivity contribution in [2.45, 2.75) is 12.8 Å². The zero-order valence-electron chi connectivity index (χ0n) is 9.28. The molecule has 1 aromatic heterocycles. The van der Waals surface area contributed by atoms with E-state index in [0.717, 1.165) is 26.1 Å². The Bertz CT molecular complexity index is 333. The second-order valence-electron chi connectivity index (χ2n) is 4.12. The monoisotopic (exact) mass is 219 g/mol. The summed E-state index contributed by atoms with van der Waals surface area (Å²) in [5.74, 6) is 0.635. The summed E-state index contributed by atoms with van der Waals surface area (Å²) in [6.45, 7) is 2.93. The predicted octanol–water partition coefficient (Wildman–Crippen LogP) is 0.811. The Morgan fingerprint density at radius 3 is 3.19 bits per heavy atom. The standard InChI is InChI=1S/C12H17N3O/c16-12(11-3-1-2-6-14-11)15-8-5-10-4-7-13-9-10/h1-3,6,10,13H,4-5,7-9H2,(H,15,16). The van der Waals surface area contributed by atoms with Crippen LogP contribution in [0.3, 0.4) is 0 Å². The summed E-state index contributed by atoms with van der Waals surface area (Å²) in [4.78, 5) is 15.6. The molecule has 2 heterocycles. The Morgan fingerprint density at radius 2 is 2.50 bits per heavy atom. The van der Waals surface area contributed by atoms with Crippen molar-refractivity contribution < 1.29 is 4.79 Å². The van der Waals surface area contributed by atoms with Crippen LogP contribution < -0.4 is 10.6 Å². The van der Waals surface area contributed by atoms with Crippen LogP contribution in [0.25, 0.3) is 0 Å². The van der Waals surface area contributed by atoms with Crippen LogP contribution >= 0.6 is 0 Å². The number of aromatic nitrogens is 1. The Labute approximate surface area is 95.5 Å². The molecule has 1 fully saturated rings. The topological polar surface area (TPSA) is 54.0 Å². The van der Waals surface area contributed by atoms with Crippen LogP contribution in [0.4, 0.5) is 0 Å². The quantitative estimate of drug-likeness (QED) is 0.788. The summed E-state index contributed by atoms with van der Waals surface area (Å²) in [6.07, 6.45) is 3.90. The molecule has 86 valence electrons. The number of carbonyl (C=O) groups excluding carboxylic acids is 1. The van der Waals surface area contributed by atoms with Gasteiger partial charge in [-0.3, -0.25) is 9.78 Å². The van der Waals surface area contributed by atoms with Crippen LogP contribution in [0.2, 0.25) is 0 Å². The van der Waals surface area contributed by atoms with Crippen LogP contribution in [-0.2, 0) is 0 Å². The maximum atomic E-state index is 11.6. The van der Waals surface area contributed by atoms with Gasteiger partial charge >= 0.3 is 0 Å². The van der Waals surface area contributed by atoms with Crippen molar-refractivity contribution in [2.75, 3.05) is 19.6 Å². The minimum atomic E-state index is -0.0773. The Hall–Kier alpha value is -1.42. The Morgan fingerprint density at radius 1 is 1.56 bits per heavy atom. The first-order chi connectivity index (χ1) is 7.86. The fraction of sp³-hybridized carbons (Fsp3) is 0.500. The van der Waals surface area contributed by atoms with Gasteiger partial charge in [0.15, 0.2) is 0 Å². The van der Waals surface area contributed by atoms with E-state index in [4.69, 9.17) is 0 Å². The molecule has 2 rings (SSSR count). The molecular formula is C12H17N3O. The highest BCUT2D eigenvalue weighted by Crippen LogP contribution is 2.10. The lowest BCUT2D eigenvalue weighted by atomic mass is 10.1. The van der Waals surface area contributed by atoms with Crippen molar-refractivity contribution in [3.63, 3.8) is 0 Å². The highest BCUT2D eigenvalue weighted by Gasteiger charge is 2.14. The van der Waals surface area contributed by atoms with Gasteiger partial charge in [0.25, 0.3) is 5.91 Å². The summed E-state index contributed by atoms with van der Waals surface area (Å²) in [5.41, 5.74) is 0.493. The van der Waals surface area contributed by atoms with Gasteiger partial charge in [0.1, 0.15) is 5.69 Å². The van der Waals surface area contributed by atoms with Crippen molar-refractivity contribution in [1.82, 2.24) is 15.6 Å². The van der Waals surface area contributed by atoms with Crippen molar-refractivity contribution >= 4 is 5.91 Å². The first-order valence-corrected chi connectivity index (χ1v) is 5.76. The van der Waals surface area contributed by atoms with Gasteiger partial charge in [-0.2, -0.15) is 0 Å². The van der Waals surface area contributed by atoms with Gasteiger partial charge in [-0.1, -0.05) is 6.07 Å². The number of rotatable bonds is 4. The minimum absolute atomic E-state index is 0.0773. The van der Waals surface area contributed by atoms with E-state index >= 15 is 0 Å². The SMILES string of the molecule is O=C(NCCC1CCNC1)c1ccccn1. The third-order valence-corrected chi connectivity index (χ3v) is 2.90. The number of hydrogen-bond acceptors (Lipinski definition) is 3. The van der Waals surface area contributed by atoms with Crippen LogP contribution in [0.5, 0.6) is 0 Å². The Kier molecular flexibility index (Phi) is 3.88. The second kappa shape index (κ2) is 5.61. The number of amides is 1. The summed E-state index contributed by atoms with van der Waals surface area (Å²) in [6, 6.07) is 5.36. The number of nitrogens with zero attached hydrogens (tertiary/aromatic N) is 1. The van der Waals surface area contributed by atoms with E-state index in [1.54, 1.807) is 18.3 Å². The average molecular weight is 219 g/mol. The Balaban J connectivity index is 1.71. The van der Waals surface area contributed by atoms with Gasteiger partial charge < -0.3 is 10.6 Å². The molecule has 0 radical (unpaired) electrons. The molecule has 0 spiro atoms. The summed E-state index contributed by atoms with van der Waals surface area (Å²) >= 11 is 0. The molecule has 2 N–H and O–H groups in total. The van der Waals surface area contributed by atoms with E-state index in [9.17, 15) is 4.79 Å². The number of carbonyl (C=O) groups is 1. The van der Waals surface area contributed by atoms with Gasteiger partial charge in [0, 0.05) is 12.7 Å². The normalized spacial score (nSPS) is 19.6. The first-order valence-electron chi connectivity index (χ1n) is 5.76. The molecule has 1 aliphatic rings. The van der Waals surface area contributed by atoms with E-state index in [2.05, 4.69) is 15.6 Å². The lowest BCUT2D eigenvalue weighted by Crippen LogP contribution is -2.27. The van der Waals surface area contributed by atoms with Gasteiger partial charge in [0.2, 0.25) is 0 Å². The third-order valence-electron chi connectivity index (χ3n) is 2.90. The molecular weight excluding hydrogens is 202 g/mol. The molecule has 1 unspecified atom stereocenters. The lowest BCUT2D eigenvalue weighted by molar-refractivity contribution is 0.0946. The fourth-order valence-electron chi connectivity index (χ4n) is 1.94. The number of hydrogen-bond donors (Lipinski definition) is 2. The van der Waals surface area contributed by atoms with Crippen molar-refractivity contribution in [2.24, 2.45) is 5.92 Å². The van der Waals surface area contributed by atoms with E-state index in [1.807, 2.05) is 6.07 Å². The number of nitrogens with one attached hydrogen (secondary N) is 2. The van der Waals surface area contributed by atoms with Crippen LogP contribution in [-0.4, -0.2) is 30.5 Å². The van der Waals surface area contributed by atoms with Crippen molar-refractivity contribution in [3.8, 4) is 0 Å². The molecule has 4 heteroatoms. The van der Waals surface area contributed by atoms with E-state index in [1.165, 1.54) is 6.42 Å². The zero-order chi connectivity index (χ0) is 11.2. The van der Waals surface area contributed by atoms with Gasteiger partial charge in [0.05, 0.1) is 0 Å². The molecule has 1 amide bonds. The molecule has 0 aliphatic carbocycles. The van der Waals surface area contributed by atoms with Gasteiger partial charge in [-0.15, -0.1) is 0 Å². The van der Waals surface area contributed by atoms with Gasteiger partial charge in [-0.25, -0.2) is 0 Å². The highest BCUT2D eigenvalue weighted by molar-refractivity contribution is 5.92. The smallest absolute Gasteiger partial charge is 0.269 e. The molecule has 16 heavy (non-hydrogen) atoms. The largest absolute Gasteiger partial charge is 0.351 e. The van der Waals surface area contributed by atoms with E-state index in [0.29, 0.717) is 11.6 Å². The molecule has 0 aromatic carbocycles. The van der Waals surface area contributed by atoms with Gasteiger partial charge in [-0.05, 0) is 44.0 Å². The van der Waals surface area contributed by atoms with Crippen molar-refractivity contribution in [3.05, 3.63) is 30.1 Å². The van der Waals surface area contributed by atoms with E-state index < -0.39 is 0 Å². The molecule has 0 bridgehead atoms. The minimum Gasteiger partial charge on any atom is -0.351 e. The molecule has 0 saturated carbocycles. The molecule has 1 aliphatic heterocycles. The highest BCUT2D eigenvalue weighted by atomic mass is 16.1. The average Bonchev–Trinajstić information content (AvgIpc) is 2.83. The van der Waals surface area contributed by atoms with Crippen LogP contribution in [0.15, 0.2) is 24.4 Å². The molecule has 4 nitrogen and oxygen atoms in total. The van der Waals surface area contributed by atoms with E-state index in [-0.39, 0.29) is 5.91 Å². The molecule has 1 saturated heterocycles. The lowest BCUT2D eigenvalue weighted by Gasteiger charge is -2.08. The predicted molar refractivity (Wildman–Crippen MR) is 62.2 cm³/mol. The summed E-state index contributed by atoms with van der Waals surface area (Å²) in [5, 5.41) is 6.21. The maximum absolute atomic E-state index is 11.6. The number of pyridine rings is 1. The third kappa shape index (κ3) is 3.03.